The predicted molar refractivity (Wildman–Crippen MR) is 88.0 cm³/mol. The number of rotatable bonds is 7. The van der Waals surface area contributed by atoms with Gasteiger partial charge in [-0.2, -0.15) is 0 Å². The Labute approximate surface area is 142 Å². The molecule has 6 heteroatoms. The maximum absolute atomic E-state index is 12.6. The third-order valence-corrected chi connectivity index (χ3v) is 4.41. The normalized spacial score (nSPS) is 20.2. The Morgan fingerprint density at radius 1 is 1.38 bits per heavy atom. The zero-order chi connectivity index (χ0) is 16.9. The molecule has 6 nitrogen and oxygen atoms in total. The summed E-state index contributed by atoms with van der Waals surface area (Å²) in [7, 11) is 0. The minimum absolute atomic E-state index is 0.00633. The molecule has 3 rings (SSSR count). The van der Waals surface area contributed by atoms with Gasteiger partial charge in [-0.05, 0) is 44.4 Å². The molecule has 0 aromatic heterocycles. The van der Waals surface area contributed by atoms with Crippen LogP contribution in [-0.4, -0.2) is 49.6 Å². The largest absolute Gasteiger partial charge is 0.454 e. The summed E-state index contributed by atoms with van der Waals surface area (Å²) in [6.07, 6.45) is 1.74. The molecule has 1 amide bonds. The van der Waals surface area contributed by atoms with Crippen LogP contribution in [0.15, 0.2) is 18.2 Å². The Morgan fingerprint density at radius 2 is 2.21 bits per heavy atom. The minimum atomic E-state index is -0.469. The van der Waals surface area contributed by atoms with Gasteiger partial charge in [0.2, 0.25) is 6.79 Å². The number of benzene rings is 1. The van der Waals surface area contributed by atoms with Crippen molar-refractivity contribution in [2.24, 2.45) is 0 Å². The standard InChI is InChI=1S/C18H25NO5/c1-3-19(10-14-6-7-16-17(9-14)24-12-23-16)18(20)13(2)22-11-15-5-4-8-21-15/h6-7,9,13,15H,3-5,8,10-12H2,1-2H3/t13-,15-/m0/s1. The van der Waals surface area contributed by atoms with Crippen LogP contribution in [0.3, 0.4) is 0 Å². The molecule has 24 heavy (non-hydrogen) atoms. The Bertz CT molecular complexity index is 571. The fourth-order valence-corrected chi connectivity index (χ4v) is 2.96. The van der Waals surface area contributed by atoms with Crippen LogP contribution in [-0.2, 0) is 20.8 Å². The molecular weight excluding hydrogens is 310 g/mol. The summed E-state index contributed by atoms with van der Waals surface area (Å²) in [6.45, 7) is 6.46. The number of nitrogens with zero attached hydrogens (tertiary/aromatic N) is 1. The van der Waals surface area contributed by atoms with Gasteiger partial charge in [-0.3, -0.25) is 4.79 Å². The third kappa shape index (κ3) is 3.99. The van der Waals surface area contributed by atoms with Crippen molar-refractivity contribution in [2.45, 2.75) is 45.4 Å². The Hall–Kier alpha value is -1.79. The van der Waals surface area contributed by atoms with E-state index in [4.69, 9.17) is 18.9 Å². The molecule has 0 N–H and O–H groups in total. The van der Waals surface area contributed by atoms with E-state index >= 15 is 0 Å². The van der Waals surface area contributed by atoms with E-state index in [1.807, 2.05) is 25.1 Å². The first-order chi connectivity index (χ1) is 11.7. The summed E-state index contributed by atoms with van der Waals surface area (Å²) in [5.74, 6) is 1.48. The number of amides is 1. The van der Waals surface area contributed by atoms with Crippen molar-refractivity contribution >= 4 is 5.91 Å². The lowest BCUT2D eigenvalue weighted by Gasteiger charge is -2.25. The number of hydrogen-bond donors (Lipinski definition) is 0. The molecule has 2 heterocycles. The molecule has 0 saturated carbocycles. The molecule has 1 aromatic carbocycles. The summed E-state index contributed by atoms with van der Waals surface area (Å²) in [5, 5.41) is 0. The summed E-state index contributed by atoms with van der Waals surface area (Å²) >= 11 is 0. The van der Waals surface area contributed by atoms with Crippen LogP contribution in [0.4, 0.5) is 0 Å². The first-order valence-corrected chi connectivity index (χ1v) is 8.58. The molecule has 2 aliphatic rings. The summed E-state index contributed by atoms with van der Waals surface area (Å²) in [5.41, 5.74) is 1.01. The maximum Gasteiger partial charge on any atom is 0.251 e. The molecule has 2 atom stereocenters. The average molecular weight is 335 g/mol. The van der Waals surface area contributed by atoms with Gasteiger partial charge in [0, 0.05) is 19.7 Å². The second-order valence-corrected chi connectivity index (χ2v) is 6.15. The van der Waals surface area contributed by atoms with Gasteiger partial charge in [-0.1, -0.05) is 6.07 Å². The van der Waals surface area contributed by atoms with Gasteiger partial charge in [0.1, 0.15) is 6.10 Å². The van der Waals surface area contributed by atoms with E-state index in [-0.39, 0.29) is 18.8 Å². The monoisotopic (exact) mass is 335 g/mol. The van der Waals surface area contributed by atoms with E-state index in [2.05, 4.69) is 0 Å². The van der Waals surface area contributed by atoms with Crippen molar-refractivity contribution in [1.82, 2.24) is 4.90 Å². The van der Waals surface area contributed by atoms with Crippen LogP contribution < -0.4 is 9.47 Å². The van der Waals surface area contributed by atoms with Crippen molar-refractivity contribution in [2.75, 3.05) is 26.6 Å². The van der Waals surface area contributed by atoms with Crippen LogP contribution in [0.5, 0.6) is 11.5 Å². The first kappa shape index (κ1) is 17.0. The molecule has 2 aliphatic heterocycles. The summed E-state index contributed by atoms with van der Waals surface area (Å²) in [4.78, 5) is 14.4. The Balaban J connectivity index is 1.55. The molecule has 1 aromatic rings. The van der Waals surface area contributed by atoms with Gasteiger partial charge in [-0.15, -0.1) is 0 Å². The van der Waals surface area contributed by atoms with E-state index in [0.29, 0.717) is 19.7 Å². The third-order valence-electron chi connectivity index (χ3n) is 4.41. The Kier molecular flexibility index (Phi) is 5.58. The molecule has 1 fully saturated rings. The lowest BCUT2D eigenvalue weighted by atomic mass is 10.1. The van der Waals surface area contributed by atoms with Crippen molar-refractivity contribution in [3.05, 3.63) is 23.8 Å². The fourth-order valence-electron chi connectivity index (χ4n) is 2.96. The molecule has 132 valence electrons. The van der Waals surface area contributed by atoms with E-state index in [0.717, 1.165) is 36.5 Å². The molecule has 0 spiro atoms. The highest BCUT2D eigenvalue weighted by Crippen LogP contribution is 2.32. The summed E-state index contributed by atoms with van der Waals surface area (Å²) in [6, 6.07) is 5.77. The van der Waals surface area contributed by atoms with Gasteiger partial charge in [-0.25, -0.2) is 0 Å². The first-order valence-electron chi connectivity index (χ1n) is 8.58. The maximum atomic E-state index is 12.6. The van der Waals surface area contributed by atoms with Gasteiger partial charge >= 0.3 is 0 Å². The highest BCUT2D eigenvalue weighted by molar-refractivity contribution is 5.80. The number of carbonyl (C=O) groups excluding carboxylic acids is 1. The number of ether oxygens (including phenoxy) is 4. The molecule has 0 aliphatic carbocycles. The van der Waals surface area contributed by atoms with Crippen LogP contribution >= 0.6 is 0 Å². The fraction of sp³-hybridized carbons (Fsp3) is 0.611. The second kappa shape index (κ2) is 7.85. The predicted octanol–water partition coefficient (Wildman–Crippen LogP) is 2.35. The van der Waals surface area contributed by atoms with E-state index < -0.39 is 6.10 Å². The molecule has 1 saturated heterocycles. The molecular formula is C18H25NO5. The van der Waals surface area contributed by atoms with E-state index in [1.165, 1.54) is 0 Å². The molecule has 0 unspecified atom stereocenters. The zero-order valence-corrected chi connectivity index (χ0v) is 14.3. The molecule has 0 bridgehead atoms. The number of fused-ring (bicyclic) bond motifs is 1. The van der Waals surface area contributed by atoms with Crippen LogP contribution in [0.1, 0.15) is 32.3 Å². The van der Waals surface area contributed by atoms with Gasteiger partial charge < -0.3 is 23.8 Å². The van der Waals surface area contributed by atoms with Crippen LogP contribution in [0.25, 0.3) is 0 Å². The van der Waals surface area contributed by atoms with Crippen molar-refractivity contribution in [3.63, 3.8) is 0 Å². The number of hydrogen-bond acceptors (Lipinski definition) is 5. The highest BCUT2D eigenvalue weighted by Gasteiger charge is 2.24. The second-order valence-electron chi connectivity index (χ2n) is 6.15. The van der Waals surface area contributed by atoms with Crippen molar-refractivity contribution in [3.8, 4) is 11.5 Å². The Morgan fingerprint density at radius 3 is 2.96 bits per heavy atom. The minimum Gasteiger partial charge on any atom is -0.454 e. The lowest BCUT2D eigenvalue weighted by Crippen LogP contribution is -2.39. The van der Waals surface area contributed by atoms with Gasteiger partial charge in [0.15, 0.2) is 11.5 Å². The van der Waals surface area contributed by atoms with Gasteiger partial charge in [0.25, 0.3) is 5.91 Å². The topological polar surface area (TPSA) is 57.2 Å². The van der Waals surface area contributed by atoms with E-state index in [9.17, 15) is 4.79 Å². The smallest absolute Gasteiger partial charge is 0.251 e. The van der Waals surface area contributed by atoms with E-state index in [1.54, 1.807) is 11.8 Å². The van der Waals surface area contributed by atoms with Gasteiger partial charge in [0.05, 0.1) is 12.7 Å². The summed E-state index contributed by atoms with van der Waals surface area (Å²) < 4.78 is 22.0. The lowest BCUT2D eigenvalue weighted by molar-refractivity contribution is -0.145. The van der Waals surface area contributed by atoms with Crippen molar-refractivity contribution < 1.29 is 23.7 Å². The average Bonchev–Trinajstić information content (AvgIpc) is 3.27. The number of likely N-dealkylation sites (N-methyl/N-ethyl adjacent to an activating group) is 1. The SMILES string of the molecule is CCN(Cc1ccc2c(c1)OCO2)C(=O)[C@H](C)OC[C@@H]1CCCO1. The highest BCUT2D eigenvalue weighted by atomic mass is 16.7. The van der Waals surface area contributed by atoms with Crippen LogP contribution in [0.2, 0.25) is 0 Å². The molecule has 0 radical (unpaired) electrons. The van der Waals surface area contributed by atoms with Crippen molar-refractivity contribution in [1.29, 1.82) is 0 Å². The number of carbonyl (C=O) groups is 1. The van der Waals surface area contributed by atoms with Crippen LogP contribution in [0, 0.1) is 0 Å². The zero-order valence-electron chi connectivity index (χ0n) is 14.3. The quantitative estimate of drug-likeness (QED) is 0.765.